The molecule has 0 saturated heterocycles. The van der Waals surface area contributed by atoms with E-state index in [1.54, 1.807) is 66.9 Å². The Morgan fingerprint density at radius 3 is 2.12 bits per heavy atom. The number of benzene rings is 2. The van der Waals surface area contributed by atoms with Crippen LogP contribution in [0.3, 0.4) is 0 Å². The lowest BCUT2D eigenvalue weighted by Crippen LogP contribution is -2.52. The van der Waals surface area contributed by atoms with Crippen molar-refractivity contribution in [2.75, 3.05) is 13.2 Å². The normalized spacial score (nSPS) is 17.8. The molecule has 50 heavy (non-hydrogen) atoms. The van der Waals surface area contributed by atoms with Gasteiger partial charge in [0.1, 0.15) is 12.4 Å². The number of aromatic nitrogens is 1. The zero-order valence-electron chi connectivity index (χ0n) is 38.0. The smallest absolute Gasteiger partial charge is 0.246 e. The summed E-state index contributed by atoms with van der Waals surface area (Å²) in [5.41, 5.74) is 0.974. The van der Waals surface area contributed by atoms with Crippen molar-refractivity contribution in [3.8, 4) is 11.3 Å². The van der Waals surface area contributed by atoms with Crippen molar-refractivity contribution >= 4 is 23.4 Å². The number of nitrogens with zero attached hydrogens (tertiary/aromatic N) is 2. The van der Waals surface area contributed by atoms with Crippen molar-refractivity contribution in [2.45, 2.75) is 86.2 Å². The van der Waals surface area contributed by atoms with Gasteiger partial charge in [0.25, 0.3) is 0 Å². The number of carbonyl (C=O) groups excluding carboxylic acids is 4. The highest BCUT2D eigenvalue weighted by Gasteiger charge is 2.37. The number of carbonyl (C=O) groups is 4. The maximum Gasteiger partial charge on any atom is 0.246 e. The van der Waals surface area contributed by atoms with Crippen molar-refractivity contribution in [3.05, 3.63) is 90.1 Å². The van der Waals surface area contributed by atoms with Crippen LogP contribution in [0.4, 0.5) is 0 Å². The quantitative estimate of drug-likeness (QED) is 0.145. The van der Waals surface area contributed by atoms with E-state index in [1.165, 1.54) is 25.8 Å². The fraction of sp³-hybridized carbons (Fsp3) is 0.475. The molecule has 0 bridgehead atoms. The van der Waals surface area contributed by atoms with Gasteiger partial charge in [0, 0.05) is 50.0 Å². The van der Waals surface area contributed by atoms with Crippen molar-refractivity contribution < 1.29 is 41.7 Å². The molecule has 3 aromatic rings. The summed E-state index contributed by atoms with van der Waals surface area (Å²) in [6.07, 6.45) is -0.939. The summed E-state index contributed by atoms with van der Waals surface area (Å²) in [7, 11) is 0. The molecule has 0 spiro atoms. The third-order valence-electron chi connectivity index (χ3n) is 8.34. The van der Waals surface area contributed by atoms with Gasteiger partial charge in [0.05, 0.1) is 23.8 Å². The zero-order valence-corrected chi connectivity index (χ0v) is 29.0. The van der Waals surface area contributed by atoms with E-state index in [4.69, 9.17) is 12.3 Å². The molecule has 4 N–H and O–H groups in total. The highest BCUT2D eigenvalue weighted by atomic mass is 16.3. The van der Waals surface area contributed by atoms with Gasteiger partial charge in [-0.05, 0) is 53.4 Å². The van der Waals surface area contributed by atoms with Gasteiger partial charge >= 0.3 is 0 Å². The Kier molecular flexibility index (Phi) is 10.3. The molecule has 270 valence electrons. The summed E-state index contributed by atoms with van der Waals surface area (Å²) >= 11 is 0. The zero-order chi connectivity index (χ0) is 44.6. The molecule has 0 aliphatic heterocycles. The standard InChI is InChI=1S/C40H54N4O6/c1-27(46)21-32(39(2,3)4)38(50)43-44(24-29-16-18-30(19-17-29)33-15-11-12-20-41-33)25-35(48)31(22-28-13-9-8-10-14-28)23-34(47)37(40(5,6)7)42-36(49)26-45/h8-20,31-32,35,37,45,48H,21-26H2,1-7H3,(H,42,49)(H,43,50)/t31-,32-,35+,37-/m1/s1/i2D3,5D3,6D3. The molecule has 2 amide bonds. The van der Waals surface area contributed by atoms with Crippen LogP contribution in [0.1, 0.15) is 84.6 Å². The fourth-order valence-corrected chi connectivity index (χ4v) is 5.65. The summed E-state index contributed by atoms with van der Waals surface area (Å²) < 4.78 is 73.3. The minimum absolute atomic E-state index is 0.00767. The second-order valence-electron chi connectivity index (χ2n) is 13.5. The highest BCUT2D eigenvalue weighted by molar-refractivity contribution is 5.90. The van der Waals surface area contributed by atoms with Crippen LogP contribution in [0.5, 0.6) is 0 Å². The molecule has 1 aromatic heterocycles. The molecule has 0 saturated carbocycles. The van der Waals surface area contributed by atoms with E-state index < -0.39 is 105 Å². The number of hydrogen-bond acceptors (Lipinski definition) is 8. The first kappa shape index (κ1) is 28.4. The molecular weight excluding hydrogens is 632 g/mol. The van der Waals surface area contributed by atoms with Crippen molar-refractivity contribution in [3.63, 3.8) is 0 Å². The van der Waals surface area contributed by atoms with Gasteiger partial charge in [-0.2, -0.15) is 0 Å². The molecule has 4 atom stereocenters. The van der Waals surface area contributed by atoms with Crippen LogP contribution in [0.15, 0.2) is 79.0 Å². The van der Waals surface area contributed by atoms with Gasteiger partial charge in [-0.3, -0.25) is 24.8 Å². The van der Waals surface area contributed by atoms with Crippen LogP contribution in [0.2, 0.25) is 0 Å². The maximum atomic E-state index is 14.3. The largest absolute Gasteiger partial charge is 0.391 e. The Morgan fingerprint density at radius 1 is 0.880 bits per heavy atom. The monoisotopic (exact) mass is 695 g/mol. The van der Waals surface area contributed by atoms with E-state index in [2.05, 4.69) is 15.7 Å². The van der Waals surface area contributed by atoms with E-state index in [9.17, 15) is 29.4 Å². The summed E-state index contributed by atoms with van der Waals surface area (Å²) in [6, 6.07) is 19.0. The number of aliphatic hydroxyl groups is 2. The lowest BCUT2D eigenvalue weighted by molar-refractivity contribution is -0.138. The van der Waals surface area contributed by atoms with Gasteiger partial charge in [-0.15, -0.1) is 0 Å². The molecule has 0 fully saturated rings. The third kappa shape index (κ3) is 12.6. The second kappa shape index (κ2) is 18.1. The molecule has 0 aliphatic carbocycles. The molecular formula is C40H54N4O6. The van der Waals surface area contributed by atoms with Crippen molar-refractivity contribution in [1.82, 2.24) is 20.7 Å². The van der Waals surface area contributed by atoms with Gasteiger partial charge < -0.3 is 20.3 Å². The first-order chi connectivity index (χ1) is 27.2. The minimum atomic E-state index is -3.32. The lowest BCUT2D eigenvalue weighted by Gasteiger charge is -2.35. The molecule has 1 heterocycles. The number of hydrazine groups is 1. The number of amides is 2. The van der Waals surface area contributed by atoms with E-state index in [-0.39, 0.29) is 13.0 Å². The second-order valence-corrected chi connectivity index (χ2v) is 13.5. The van der Waals surface area contributed by atoms with Crippen LogP contribution >= 0.6 is 0 Å². The Bertz CT molecular complexity index is 1860. The Morgan fingerprint density at radius 2 is 1.54 bits per heavy atom. The summed E-state index contributed by atoms with van der Waals surface area (Å²) in [5, 5.41) is 25.0. The highest BCUT2D eigenvalue weighted by Crippen LogP contribution is 2.30. The summed E-state index contributed by atoms with van der Waals surface area (Å²) in [5.74, 6) is -5.89. The molecule has 2 aromatic carbocycles. The van der Waals surface area contributed by atoms with Gasteiger partial charge in [-0.1, -0.05) is 102 Å². The molecule has 0 unspecified atom stereocenters. The van der Waals surface area contributed by atoms with Crippen LogP contribution in [0, 0.1) is 22.7 Å². The van der Waals surface area contributed by atoms with Crippen LogP contribution < -0.4 is 10.7 Å². The predicted octanol–water partition coefficient (Wildman–Crippen LogP) is 4.93. The predicted molar refractivity (Wildman–Crippen MR) is 194 cm³/mol. The SMILES string of the molecule is [2H]C([2H])([2H])C(C)(C)[C@H](CC(C)=O)C(=O)NN(Cc1ccc(-c2ccccn2)cc1)C[C@H](O)[C@@H](CC(=O)[C@@H](NC(=O)CO)C(C)(C([2H])([2H])[2H])C([2H])([2H])[2H])Cc1ccccc1. The summed E-state index contributed by atoms with van der Waals surface area (Å²) in [6.45, 7) is -6.12. The first-order valence-corrected chi connectivity index (χ1v) is 16.4. The van der Waals surface area contributed by atoms with E-state index in [1.807, 2.05) is 12.1 Å². The Labute approximate surface area is 309 Å². The fourth-order valence-electron chi connectivity index (χ4n) is 5.65. The van der Waals surface area contributed by atoms with Gasteiger partial charge in [0.2, 0.25) is 11.8 Å². The topological polar surface area (TPSA) is 149 Å². The van der Waals surface area contributed by atoms with Crippen LogP contribution in [-0.4, -0.2) is 68.9 Å². The molecule has 3 rings (SSSR count). The first-order valence-electron chi connectivity index (χ1n) is 20.9. The number of Topliss-reactive ketones (excluding diaryl/α,β-unsaturated/α-hetero) is 2. The number of hydrogen-bond donors (Lipinski definition) is 4. The van der Waals surface area contributed by atoms with Crippen molar-refractivity contribution in [2.24, 2.45) is 22.7 Å². The number of pyridine rings is 1. The average molecular weight is 696 g/mol. The van der Waals surface area contributed by atoms with E-state index in [0.29, 0.717) is 16.8 Å². The number of rotatable bonds is 17. The lowest BCUT2D eigenvalue weighted by atomic mass is 9.77. The number of ketones is 2. The Hall–Kier alpha value is -4.25. The number of aliphatic hydroxyl groups excluding tert-OH is 2. The average Bonchev–Trinajstić information content (AvgIpc) is 3.14. The molecule has 10 nitrogen and oxygen atoms in total. The van der Waals surface area contributed by atoms with E-state index in [0.717, 1.165) is 12.5 Å². The third-order valence-corrected chi connectivity index (χ3v) is 8.34. The van der Waals surface area contributed by atoms with Gasteiger partial charge in [0.15, 0.2) is 5.78 Å². The van der Waals surface area contributed by atoms with Crippen LogP contribution in [-0.2, 0) is 32.1 Å². The van der Waals surface area contributed by atoms with Gasteiger partial charge in [-0.25, -0.2) is 5.01 Å². The molecule has 10 heteroatoms. The minimum Gasteiger partial charge on any atom is -0.391 e. The van der Waals surface area contributed by atoms with Crippen LogP contribution in [0.25, 0.3) is 11.3 Å². The van der Waals surface area contributed by atoms with Crippen molar-refractivity contribution in [1.29, 1.82) is 0 Å². The molecule has 0 radical (unpaired) electrons. The molecule has 0 aliphatic rings. The Balaban J connectivity index is 2.10. The number of nitrogens with one attached hydrogen (secondary N) is 2. The summed E-state index contributed by atoms with van der Waals surface area (Å²) in [4.78, 5) is 57.6. The van der Waals surface area contributed by atoms with E-state index >= 15 is 0 Å². The maximum absolute atomic E-state index is 14.3.